The Morgan fingerprint density at radius 3 is 2.58 bits per heavy atom. The molecule has 0 saturated carbocycles. The van der Waals surface area contributed by atoms with E-state index in [-0.39, 0.29) is 0 Å². The van der Waals surface area contributed by atoms with Gasteiger partial charge in [0.15, 0.2) is 6.29 Å². The number of para-hydroxylation sites is 1. The summed E-state index contributed by atoms with van der Waals surface area (Å²) in [4.78, 5) is 13.1. The van der Waals surface area contributed by atoms with E-state index in [2.05, 4.69) is 19.1 Å². The summed E-state index contributed by atoms with van der Waals surface area (Å²) < 4.78 is 0. The molecule has 0 N–H and O–H groups in total. The molecule has 98 valence electrons. The molecule has 0 aliphatic rings. The smallest absolute Gasteiger partial charge is 0.152 e. The summed E-state index contributed by atoms with van der Waals surface area (Å²) >= 11 is 6.21. The SMILES string of the molecule is Cc1ccccc1CN(C)c1c(Cl)cccc1C=O. The topological polar surface area (TPSA) is 20.3 Å². The molecule has 0 aliphatic heterocycles. The Balaban J connectivity index is 2.33. The van der Waals surface area contributed by atoms with Gasteiger partial charge in [-0.05, 0) is 30.2 Å². The molecular weight excluding hydrogens is 258 g/mol. The highest BCUT2D eigenvalue weighted by Gasteiger charge is 2.12. The minimum Gasteiger partial charge on any atom is -0.368 e. The van der Waals surface area contributed by atoms with Crippen molar-refractivity contribution in [2.45, 2.75) is 13.5 Å². The number of carbonyl (C=O) groups is 1. The van der Waals surface area contributed by atoms with Crippen molar-refractivity contribution in [2.75, 3.05) is 11.9 Å². The monoisotopic (exact) mass is 273 g/mol. The van der Waals surface area contributed by atoms with Crippen LogP contribution in [0.1, 0.15) is 21.5 Å². The van der Waals surface area contributed by atoms with Crippen molar-refractivity contribution in [2.24, 2.45) is 0 Å². The van der Waals surface area contributed by atoms with E-state index in [1.807, 2.05) is 24.1 Å². The van der Waals surface area contributed by atoms with E-state index in [1.54, 1.807) is 18.2 Å². The summed E-state index contributed by atoms with van der Waals surface area (Å²) in [5.41, 5.74) is 3.85. The number of halogens is 1. The first-order valence-electron chi connectivity index (χ1n) is 6.13. The first kappa shape index (κ1) is 13.6. The van der Waals surface area contributed by atoms with E-state index in [0.717, 1.165) is 18.5 Å². The van der Waals surface area contributed by atoms with Gasteiger partial charge in [-0.15, -0.1) is 0 Å². The van der Waals surface area contributed by atoms with Crippen LogP contribution in [0, 0.1) is 6.92 Å². The second-order valence-electron chi connectivity index (χ2n) is 4.58. The summed E-state index contributed by atoms with van der Waals surface area (Å²) in [7, 11) is 1.95. The van der Waals surface area contributed by atoms with Crippen LogP contribution >= 0.6 is 11.6 Å². The van der Waals surface area contributed by atoms with Crippen LogP contribution in [0.5, 0.6) is 0 Å². The molecule has 2 rings (SSSR count). The Kier molecular flexibility index (Phi) is 4.23. The summed E-state index contributed by atoms with van der Waals surface area (Å²) in [6, 6.07) is 13.6. The number of aldehydes is 1. The van der Waals surface area contributed by atoms with Gasteiger partial charge in [-0.3, -0.25) is 4.79 Å². The van der Waals surface area contributed by atoms with Gasteiger partial charge in [0.25, 0.3) is 0 Å². The van der Waals surface area contributed by atoms with Gasteiger partial charge < -0.3 is 4.90 Å². The molecule has 2 aromatic rings. The molecule has 0 radical (unpaired) electrons. The maximum atomic E-state index is 11.1. The maximum absolute atomic E-state index is 11.1. The summed E-state index contributed by atoms with van der Waals surface area (Å²) in [6.45, 7) is 2.80. The number of nitrogens with zero attached hydrogens (tertiary/aromatic N) is 1. The van der Waals surface area contributed by atoms with Crippen LogP contribution in [-0.2, 0) is 6.54 Å². The average Bonchev–Trinajstić information content (AvgIpc) is 2.40. The number of anilines is 1. The van der Waals surface area contributed by atoms with Gasteiger partial charge >= 0.3 is 0 Å². The van der Waals surface area contributed by atoms with Gasteiger partial charge in [0.2, 0.25) is 0 Å². The van der Waals surface area contributed by atoms with Crippen LogP contribution in [0.4, 0.5) is 5.69 Å². The predicted octanol–water partition coefficient (Wildman–Crippen LogP) is 4.10. The molecule has 2 nitrogen and oxygen atoms in total. The third-order valence-electron chi connectivity index (χ3n) is 3.20. The Bertz CT molecular complexity index is 595. The lowest BCUT2D eigenvalue weighted by molar-refractivity contribution is 0.112. The Labute approximate surface area is 118 Å². The Morgan fingerprint density at radius 2 is 1.89 bits per heavy atom. The molecule has 0 unspecified atom stereocenters. The molecule has 0 bridgehead atoms. The van der Waals surface area contributed by atoms with Gasteiger partial charge in [-0.2, -0.15) is 0 Å². The summed E-state index contributed by atoms with van der Waals surface area (Å²) in [5.74, 6) is 0. The molecule has 2 aromatic carbocycles. The second-order valence-corrected chi connectivity index (χ2v) is 4.99. The number of rotatable bonds is 4. The van der Waals surface area contributed by atoms with Crippen LogP contribution in [-0.4, -0.2) is 13.3 Å². The zero-order valence-electron chi connectivity index (χ0n) is 11.1. The van der Waals surface area contributed by atoms with Crippen LogP contribution in [0.3, 0.4) is 0 Å². The molecular formula is C16H16ClNO. The maximum Gasteiger partial charge on any atom is 0.152 e. The fourth-order valence-electron chi connectivity index (χ4n) is 2.15. The van der Waals surface area contributed by atoms with Gasteiger partial charge in [-0.1, -0.05) is 41.9 Å². The third-order valence-corrected chi connectivity index (χ3v) is 3.50. The van der Waals surface area contributed by atoms with Crippen molar-refractivity contribution in [3.8, 4) is 0 Å². The van der Waals surface area contributed by atoms with Crippen LogP contribution in [0.25, 0.3) is 0 Å². The number of hydrogen-bond acceptors (Lipinski definition) is 2. The number of aryl methyl sites for hydroxylation is 1. The van der Waals surface area contributed by atoms with Gasteiger partial charge in [0.05, 0.1) is 10.7 Å². The van der Waals surface area contributed by atoms with Crippen molar-refractivity contribution in [3.05, 3.63) is 64.2 Å². The molecule has 0 aromatic heterocycles. The van der Waals surface area contributed by atoms with E-state index >= 15 is 0 Å². The highest BCUT2D eigenvalue weighted by Crippen LogP contribution is 2.29. The number of benzene rings is 2. The lowest BCUT2D eigenvalue weighted by Gasteiger charge is -2.23. The Hall–Kier alpha value is -1.80. The molecule has 3 heteroatoms. The second kappa shape index (κ2) is 5.89. The first-order chi connectivity index (χ1) is 9.13. The molecule has 0 heterocycles. The van der Waals surface area contributed by atoms with E-state index in [9.17, 15) is 4.79 Å². The van der Waals surface area contributed by atoms with Crippen molar-refractivity contribution in [1.82, 2.24) is 0 Å². The first-order valence-corrected chi connectivity index (χ1v) is 6.50. The molecule has 0 spiro atoms. The van der Waals surface area contributed by atoms with Gasteiger partial charge in [-0.25, -0.2) is 0 Å². The fraction of sp³-hybridized carbons (Fsp3) is 0.188. The molecule has 0 fully saturated rings. The molecule has 0 atom stereocenters. The third kappa shape index (κ3) is 2.96. The molecule has 0 amide bonds. The van der Waals surface area contributed by atoms with E-state index in [0.29, 0.717) is 10.6 Å². The Morgan fingerprint density at radius 1 is 1.16 bits per heavy atom. The molecule has 0 saturated heterocycles. The van der Waals surface area contributed by atoms with E-state index in [4.69, 9.17) is 11.6 Å². The van der Waals surface area contributed by atoms with Crippen LogP contribution < -0.4 is 4.90 Å². The predicted molar refractivity (Wildman–Crippen MR) is 80.1 cm³/mol. The van der Waals surface area contributed by atoms with Crippen LogP contribution in [0.2, 0.25) is 5.02 Å². The van der Waals surface area contributed by atoms with Gasteiger partial charge in [0.1, 0.15) is 0 Å². The lowest BCUT2D eigenvalue weighted by Crippen LogP contribution is -2.19. The average molecular weight is 274 g/mol. The van der Waals surface area contributed by atoms with Crippen molar-refractivity contribution in [1.29, 1.82) is 0 Å². The standard InChI is InChI=1S/C16H16ClNO/c1-12-6-3-4-7-13(12)10-18(2)16-14(11-19)8-5-9-15(16)17/h3-9,11H,10H2,1-2H3. The van der Waals surface area contributed by atoms with E-state index in [1.165, 1.54) is 11.1 Å². The normalized spacial score (nSPS) is 10.3. The van der Waals surface area contributed by atoms with Crippen molar-refractivity contribution < 1.29 is 4.79 Å². The van der Waals surface area contributed by atoms with Crippen molar-refractivity contribution >= 4 is 23.6 Å². The minimum absolute atomic E-state index is 0.598. The van der Waals surface area contributed by atoms with Crippen molar-refractivity contribution in [3.63, 3.8) is 0 Å². The van der Waals surface area contributed by atoms with Gasteiger partial charge in [0, 0.05) is 19.2 Å². The van der Waals surface area contributed by atoms with Crippen LogP contribution in [0.15, 0.2) is 42.5 Å². The summed E-state index contributed by atoms with van der Waals surface area (Å²) in [6.07, 6.45) is 0.843. The highest BCUT2D eigenvalue weighted by molar-refractivity contribution is 6.33. The molecule has 0 aliphatic carbocycles. The van der Waals surface area contributed by atoms with E-state index < -0.39 is 0 Å². The molecule has 19 heavy (non-hydrogen) atoms. The minimum atomic E-state index is 0.598. The zero-order chi connectivity index (χ0) is 13.8. The fourth-order valence-corrected chi connectivity index (χ4v) is 2.48. The lowest BCUT2D eigenvalue weighted by atomic mass is 10.1. The number of hydrogen-bond donors (Lipinski definition) is 0. The number of carbonyl (C=O) groups excluding carboxylic acids is 1. The quantitative estimate of drug-likeness (QED) is 0.782. The highest BCUT2D eigenvalue weighted by atomic mass is 35.5. The summed E-state index contributed by atoms with van der Waals surface area (Å²) in [5, 5.41) is 0.598. The zero-order valence-corrected chi connectivity index (χ0v) is 11.8. The largest absolute Gasteiger partial charge is 0.368 e.